The Kier molecular flexibility index (Phi) is 1.87. The zero-order valence-corrected chi connectivity index (χ0v) is 7.62. The van der Waals surface area contributed by atoms with E-state index >= 15 is 0 Å². The highest BCUT2D eigenvalue weighted by atomic mass is 79.9. The van der Waals surface area contributed by atoms with E-state index in [1.54, 1.807) is 12.4 Å². The highest BCUT2D eigenvalue weighted by Crippen LogP contribution is 2.21. The molecule has 0 saturated heterocycles. The summed E-state index contributed by atoms with van der Waals surface area (Å²) in [5, 5.41) is 10.4. The molecule has 2 aromatic rings. The number of H-pyrrole nitrogens is 1. The summed E-state index contributed by atoms with van der Waals surface area (Å²) in [5.41, 5.74) is 1.79. The molecule has 2 rings (SSSR count). The molecule has 4 nitrogen and oxygen atoms in total. The van der Waals surface area contributed by atoms with Gasteiger partial charge >= 0.3 is 0 Å². The predicted molar refractivity (Wildman–Crippen MR) is 47.3 cm³/mol. The first kappa shape index (κ1) is 7.42. The summed E-state index contributed by atoms with van der Waals surface area (Å²) >= 11 is 3.28. The molecule has 0 aromatic carbocycles. The normalized spacial score (nSPS) is 10.1. The van der Waals surface area contributed by atoms with E-state index in [0.717, 1.165) is 11.3 Å². The summed E-state index contributed by atoms with van der Waals surface area (Å²) < 4.78 is 0.716. The highest BCUT2D eigenvalue weighted by molar-refractivity contribution is 9.10. The Morgan fingerprint density at radius 2 is 1.92 bits per heavy atom. The van der Waals surface area contributed by atoms with E-state index in [1.807, 2.05) is 12.1 Å². The number of nitrogens with zero attached hydrogens (tertiary/aromatic N) is 3. The average molecular weight is 225 g/mol. The second kappa shape index (κ2) is 3.02. The van der Waals surface area contributed by atoms with Crippen LogP contribution in [0.25, 0.3) is 11.3 Å². The Balaban J connectivity index is 2.51. The maximum Gasteiger partial charge on any atom is 0.156 e. The Bertz CT molecular complexity index is 370. The second-order valence-electron chi connectivity index (χ2n) is 2.20. The third kappa shape index (κ3) is 1.23. The second-order valence-corrected chi connectivity index (χ2v) is 2.95. The van der Waals surface area contributed by atoms with Crippen molar-refractivity contribution in [2.24, 2.45) is 0 Å². The minimum absolute atomic E-state index is 0.716. The van der Waals surface area contributed by atoms with E-state index in [1.165, 1.54) is 0 Å². The van der Waals surface area contributed by atoms with Gasteiger partial charge in [-0.05, 0) is 28.1 Å². The van der Waals surface area contributed by atoms with Crippen LogP contribution in [-0.2, 0) is 0 Å². The van der Waals surface area contributed by atoms with Crippen LogP contribution in [0.1, 0.15) is 0 Å². The van der Waals surface area contributed by atoms with Crippen LogP contribution in [0, 0.1) is 0 Å². The van der Waals surface area contributed by atoms with Gasteiger partial charge in [0.1, 0.15) is 5.69 Å². The van der Waals surface area contributed by atoms with Crippen LogP contribution in [0.5, 0.6) is 0 Å². The van der Waals surface area contributed by atoms with E-state index in [0.29, 0.717) is 4.60 Å². The lowest BCUT2D eigenvalue weighted by Gasteiger charge is -1.92. The van der Waals surface area contributed by atoms with Gasteiger partial charge in [0.05, 0.1) is 0 Å². The number of aromatic amines is 1. The van der Waals surface area contributed by atoms with Crippen molar-refractivity contribution < 1.29 is 0 Å². The lowest BCUT2D eigenvalue weighted by molar-refractivity contribution is 0.935. The van der Waals surface area contributed by atoms with Gasteiger partial charge in [-0.2, -0.15) is 10.3 Å². The predicted octanol–water partition coefficient (Wildman–Crippen LogP) is 1.63. The minimum atomic E-state index is 0.716. The molecule has 0 bridgehead atoms. The molecule has 2 aromatic heterocycles. The van der Waals surface area contributed by atoms with Crippen molar-refractivity contribution in [1.82, 2.24) is 20.4 Å². The van der Waals surface area contributed by atoms with E-state index < -0.39 is 0 Å². The SMILES string of the molecule is Brc1n[nH]nc1-c1ccncc1. The van der Waals surface area contributed by atoms with Crippen molar-refractivity contribution in [2.45, 2.75) is 0 Å². The molecule has 60 valence electrons. The maximum atomic E-state index is 3.98. The Morgan fingerprint density at radius 3 is 2.50 bits per heavy atom. The number of rotatable bonds is 1. The van der Waals surface area contributed by atoms with Gasteiger partial charge in [0.15, 0.2) is 4.60 Å². The van der Waals surface area contributed by atoms with E-state index in [4.69, 9.17) is 0 Å². The molecule has 0 radical (unpaired) electrons. The smallest absolute Gasteiger partial charge is 0.156 e. The van der Waals surface area contributed by atoms with Crippen molar-refractivity contribution in [3.05, 3.63) is 29.1 Å². The number of hydrogen-bond acceptors (Lipinski definition) is 3. The van der Waals surface area contributed by atoms with Crippen LogP contribution < -0.4 is 0 Å². The molecule has 0 aliphatic rings. The number of halogens is 1. The largest absolute Gasteiger partial charge is 0.265 e. The average Bonchev–Trinajstić information content (AvgIpc) is 2.53. The van der Waals surface area contributed by atoms with Crippen LogP contribution >= 0.6 is 15.9 Å². The van der Waals surface area contributed by atoms with Crippen molar-refractivity contribution in [3.8, 4) is 11.3 Å². The molecular formula is C7H5BrN4. The van der Waals surface area contributed by atoms with E-state index in [2.05, 4.69) is 36.3 Å². The van der Waals surface area contributed by atoms with Gasteiger partial charge in [-0.1, -0.05) is 0 Å². The summed E-state index contributed by atoms with van der Waals surface area (Å²) in [6.07, 6.45) is 3.44. The fourth-order valence-corrected chi connectivity index (χ4v) is 1.31. The first-order chi connectivity index (χ1) is 5.88. The molecule has 0 atom stereocenters. The van der Waals surface area contributed by atoms with Gasteiger partial charge < -0.3 is 0 Å². The number of hydrogen-bond donors (Lipinski definition) is 1. The molecule has 5 heteroatoms. The molecule has 0 unspecified atom stereocenters. The topological polar surface area (TPSA) is 54.5 Å². The molecule has 0 amide bonds. The van der Waals surface area contributed by atoms with Crippen molar-refractivity contribution >= 4 is 15.9 Å². The van der Waals surface area contributed by atoms with Gasteiger partial charge in [-0.25, -0.2) is 0 Å². The Morgan fingerprint density at radius 1 is 1.17 bits per heavy atom. The monoisotopic (exact) mass is 224 g/mol. The first-order valence-corrected chi connectivity index (χ1v) is 4.14. The summed E-state index contributed by atoms with van der Waals surface area (Å²) in [6.45, 7) is 0. The number of pyridine rings is 1. The molecule has 2 heterocycles. The number of nitrogens with one attached hydrogen (secondary N) is 1. The van der Waals surface area contributed by atoms with Crippen LogP contribution in [0.15, 0.2) is 29.1 Å². The van der Waals surface area contributed by atoms with Crippen LogP contribution in [-0.4, -0.2) is 20.4 Å². The molecule has 0 aliphatic heterocycles. The van der Waals surface area contributed by atoms with Crippen molar-refractivity contribution in [1.29, 1.82) is 0 Å². The summed E-state index contributed by atoms with van der Waals surface area (Å²) in [7, 11) is 0. The molecule has 12 heavy (non-hydrogen) atoms. The van der Waals surface area contributed by atoms with E-state index in [9.17, 15) is 0 Å². The van der Waals surface area contributed by atoms with Crippen molar-refractivity contribution in [2.75, 3.05) is 0 Å². The molecule has 1 N–H and O–H groups in total. The lowest BCUT2D eigenvalue weighted by atomic mass is 10.2. The fourth-order valence-electron chi connectivity index (χ4n) is 0.911. The number of aromatic nitrogens is 4. The standard InChI is InChI=1S/C7H5BrN4/c8-7-6(10-12-11-7)5-1-3-9-4-2-5/h1-4H,(H,10,11,12). The quantitative estimate of drug-likeness (QED) is 0.802. The van der Waals surface area contributed by atoms with Gasteiger partial charge in [0.2, 0.25) is 0 Å². The third-order valence-electron chi connectivity index (χ3n) is 1.46. The van der Waals surface area contributed by atoms with Crippen LogP contribution in [0.3, 0.4) is 0 Å². The Hall–Kier alpha value is -1.23. The van der Waals surface area contributed by atoms with Crippen LogP contribution in [0.4, 0.5) is 0 Å². The van der Waals surface area contributed by atoms with Crippen LogP contribution in [0.2, 0.25) is 0 Å². The van der Waals surface area contributed by atoms with Gasteiger partial charge in [0.25, 0.3) is 0 Å². The fraction of sp³-hybridized carbons (Fsp3) is 0. The summed E-state index contributed by atoms with van der Waals surface area (Å²) in [5.74, 6) is 0. The van der Waals surface area contributed by atoms with Gasteiger partial charge in [0, 0.05) is 18.0 Å². The third-order valence-corrected chi connectivity index (χ3v) is 2.01. The molecule has 0 fully saturated rings. The highest BCUT2D eigenvalue weighted by Gasteiger charge is 2.05. The maximum absolute atomic E-state index is 3.98. The molecule has 0 saturated carbocycles. The van der Waals surface area contributed by atoms with Gasteiger partial charge in [-0.3, -0.25) is 4.98 Å². The Labute approximate surface area is 77.2 Å². The summed E-state index contributed by atoms with van der Waals surface area (Å²) in [6, 6.07) is 3.76. The first-order valence-electron chi connectivity index (χ1n) is 3.34. The molecule has 0 aliphatic carbocycles. The van der Waals surface area contributed by atoms with Gasteiger partial charge in [-0.15, -0.1) is 5.10 Å². The van der Waals surface area contributed by atoms with Crippen molar-refractivity contribution in [3.63, 3.8) is 0 Å². The summed E-state index contributed by atoms with van der Waals surface area (Å²) in [4.78, 5) is 3.91. The minimum Gasteiger partial charge on any atom is -0.265 e. The molecule has 0 spiro atoms. The van der Waals surface area contributed by atoms with E-state index in [-0.39, 0.29) is 0 Å². The molecular weight excluding hydrogens is 220 g/mol. The zero-order valence-electron chi connectivity index (χ0n) is 6.03. The lowest BCUT2D eigenvalue weighted by Crippen LogP contribution is -1.78. The zero-order chi connectivity index (χ0) is 8.39.